The molecule has 0 atom stereocenters. The van der Waals surface area contributed by atoms with Gasteiger partial charge in [-0.1, -0.05) is 12.1 Å². The van der Waals surface area contributed by atoms with Gasteiger partial charge in [0, 0.05) is 32.4 Å². The molecular weight excluding hydrogens is 435 g/mol. The van der Waals surface area contributed by atoms with Gasteiger partial charge in [-0.05, 0) is 92.2 Å². The number of aryl methyl sites for hydroxylation is 2. The van der Waals surface area contributed by atoms with E-state index in [-0.39, 0.29) is 0 Å². The van der Waals surface area contributed by atoms with Crippen LogP contribution in [0.3, 0.4) is 0 Å². The second kappa shape index (κ2) is 8.08. The van der Waals surface area contributed by atoms with Crippen molar-refractivity contribution in [2.24, 2.45) is 4.99 Å². The SMILES string of the molecule is CCOc1ccccc1N=Cc1cc(C)n(-c2ccc(I)c(C)c2)c1C. The van der Waals surface area contributed by atoms with E-state index in [0.717, 1.165) is 17.0 Å². The van der Waals surface area contributed by atoms with Gasteiger partial charge >= 0.3 is 0 Å². The van der Waals surface area contributed by atoms with Crippen LogP contribution < -0.4 is 4.74 Å². The largest absolute Gasteiger partial charge is 0.492 e. The van der Waals surface area contributed by atoms with Crippen molar-refractivity contribution in [3.05, 3.63) is 74.6 Å². The monoisotopic (exact) mass is 458 g/mol. The summed E-state index contributed by atoms with van der Waals surface area (Å²) in [6.45, 7) is 9.03. The Morgan fingerprint density at radius 2 is 1.85 bits per heavy atom. The minimum Gasteiger partial charge on any atom is -0.492 e. The molecule has 26 heavy (non-hydrogen) atoms. The van der Waals surface area contributed by atoms with E-state index in [9.17, 15) is 0 Å². The fourth-order valence-corrected chi connectivity index (χ4v) is 3.40. The fourth-order valence-electron chi connectivity index (χ4n) is 3.06. The van der Waals surface area contributed by atoms with Crippen molar-refractivity contribution >= 4 is 34.5 Å². The molecule has 3 rings (SSSR count). The topological polar surface area (TPSA) is 26.5 Å². The lowest BCUT2D eigenvalue weighted by Gasteiger charge is -2.11. The van der Waals surface area contributed by atoms with Gasteiger partial charge < -0.3 is 9.30 Å². The summed E-state index contributed by atoms with van der Waals surface area (Å²) in [5, 5.41) is 0. The van der Waals surface area contributed by atoms with Crippen molar-refractivity contribution in [1.29, 1.82) is 0 Å². The van der Waals surface area contributed by atoms with Gasteiger partial charge in [-0.15, -0.1) is 0 Å². The summed E-state index contributed by atoms with van der Waals surface area (Å²) >= 11 is 2.37. The first-order valence-corrected chi connectivity index (χ1v) is 9.80. The summed E-state index contributed by atoms with van der Waals surface area (Å²) < 4.78 is 9.22. The van der Waals surface area contributed by atoms with Crippen LogP contribution >= 0.6 is 22.6 Å². The zero-order valence-corrected chi connectivity index (χ0v) is 17.7. The first-order valence-electron chi connectivity index (χ1n) is 8.72. The van der Waals surface area contributed by atoms with Gasteiger partial charge in [0.05, 0.1) is 6.61 Å². The molecule has 0 aliphatic heterocycles. The van der Waals surface area contributed by atoms with E-state index in [2.05, 4.69) is 77.2 Å². The van der Waals surface area contributed by atoms with Gasteiger partial charge in [-0.2, -0.15) is 0 Å². The number of hydrogen-bond acceptors (Lipinski definition) is 2. The molecule has 0 aliphatic rings. The highest BCUT2D eigenvalue weighted by Crippen LogP contribution is 2.28. The number of hydrogen-bond donors (Lipinski definition) is 0. The molecule has 0 saturated carbocycles. The van der Waals surface area contributed by atoms with E-state index in [1.807, 2.05) is 37.4 Å². The van der Waals surface area contributed by atoms with Crippen LogP contribution in [0.1, 0.15) is 29.4 Å². The van der Waals surface area contributed by atoms with Crippen LogP contribution in [0.5, 0.6) is 5.75 Å². The third-order valence-electron chi connectivity index (χ3n) is 4.38. The number of rotatable bonds is 5. The number of aliphatic imine (C=N–C) groups is 1. The van der Waals surface area contributed by atoms with E-state index >= 15 is 0 Å². The molecule has 0 fully saturated rings. The van der Waals surface area contributed by atoms with E-state index in [0.29, 0.717) is 6.61 Å². The molecule has 3 aromatic rings. The summed E-state index contributed by atoms with van der Waals surface area (Å²) in [7, 11) is 0. The van der Waals surface area contributed by atoms with Crippen molar-refractivity contribution in [3.63, 3.8) is 0 Å². The van der Waals surface area contributed by atoms with Crippen LogP contribution in [0, 0.1) is 24.3 Å². The van der Waals surface area contributed by atoms with Crippen molar-refractivity contribution in [3.8, 4) is 11.4 Å². The first kappa shape index (κ1) is 18.7. The quantitative estimate of drug-likeness (QED) is 0.333. The average molecular weight is 458 g/mol. The molecule has 1 aromatic heterocycles. The molecule has 4 heteroatoms. The Kier molecular flexibility index (Phi) is 5.81. The molecular formula is C22H23IN2O. The second-order valence-electron chi connectivity index (χ2n) is 6.25. The maximum absolute atomic E-state index is 5.66. The summed E-state index contributed by atoms with van der Waals surface area (Å²) in [6.07, 6.45) is 1.93. The zero-order chi connectivity index (χ0) is 18.7. The van der Waals surface area contributed by atoms with Crippen LogP contribution in [0.25, 0.3) is 5.69 Å². The van der Waals surface area contributed by atoms with Crippen molar-refractivity contribution in [2.45, 2.75) is 27.7 Å². The normalized spacial score (nSPS) is 11.3. The van der Waals surface area contributed by atoms with Crippen molar-refractivity contribution < 1.29 is 4.74 Å². The van der Waals surface area contributed by atoms with Gasteiger partial charge in [-0.25, -0.2) is 0 Å². The smallest absolute Gasteiger partial charge is 0.144 e. The van der Waals surface area contributed by atoms with Gasteiger partial charge in [-0.3, -0.25) is 4.99 Å². The number of benzene rings is 2. The Bertz CT molecular complexity index is 957. The molecule has 0 amide bonds. The molecule has 0 N–H and O–H groups in total. The van der Waals surface area contributed by atoms with Crippen LogP contribution in [0.4, 0.5) is 5.69 Å². The molecule has 0 radical (unpaired) electrons. The molecule has 1 heterocycles. The third kappa shape index (κ3) is 3.85. The minimum atomic E-state index is 0.632. The van der Waals surface area contributed by atoms with Crippen LogP contribution in [0.15, 0.2) is 53.5 Å². The van der Waals surface area contributed by atoms with Gasteiger partial charge in [0.25, 0.3) is 0 Å². The lowest BCUT2D eigenvalue weighted by molar-refractivity contribution is 0.341. The molecule has 0 unspecified atom stereocenters. The van der Waals surface area contributed by atoms with Crippen LogP contribution in [-0.4, -0.2) is 17.4 Å². The van der Waals surface area contributed by atoms with E-state index in [4.69, 9.17) is 4.74 Å². The van der Waals surface area contributed by atoms with E-state index < -0.39 is 0 Å². The standard InChI is InChI=1S/C22H23IN2O/c1-5-26-22-9-7-6-8-21(22)24-14-18-13-16(3)25(17(18)4)19-10-11-20(23)15(2)12-19/h6-14H,5H2,1-4H3. The Morgan fingerprint density at radius 3 is 2.58 bits per heavy atom. The predicted octanol–water partition coefficient (Wildman–Crippen LogP) is 6.16. The Hall–Kier alpha value is -2.08. The highest BCUT2D eigenvalue weighted by atomic mass is 127. The highest BCUT2D eigenvalue weighted by molar-refractivity contribution is 14.1. The summed E-state index contributed by atoms with van der Waals surface area (Å²) in [4.78, 5) is 4.67. The molecule has 3 nitrogen and oxygen atoms in total. The average Bonchev–Trinajstić information content (AvgIpc) is 2.91. The van der Waals surface area contributed by atoms with Gasteiger partial charge in [0.15, 0.2) is 0 Å². The highest BCUT2D eigenvalue weighted by Gasteiger charge is 2.10. The predicted molar refractivity (Wildman–Crippen MR) is 118 cm³/mol. The van der Waals surface area contributed by atoms with E-state index in [1.165, 1.54) is 26.2 Å². The fraction of sp³-hybridized carbons (Fsp3) is 0.227. The summed E-state index contributed by atoms with van der Waals surface area (Å²) in [6, 6.07) is 16.6. The molecule has 134 valence electrons. The van der Waals surface area contributed by atoms with Crippen molar-refractivity contribution in [1.82, 2.24) is 4.57 Å². The number of nitrogens with zero attached hydrogens (tertiary/aromatic N) is 2. The minimum absolute atomic E-state index is 0.632. The first-order chi connectivity index (χ1) is 12.5. The van der Waals surface area contributed by atoms with Crippen LogP contribution in [-0.2, 0) is 0 Å². The Balaban J connectivity index is 1.97. The number of para-hydroxylation sites is 2. The zero-order valence-electron chi connectivity index (χ0n) is 15.6. The Labute approximate surface area is 168 Å². The maximum Gasteiger partial charge on any atom is 0.144 e. The Morgan fingerprint density at radius 1 is 1.08 bits per heavy atom. The van der Waals surface area contributed by atoms with Crippen LogP contribution in [0.2, 0.25) is 0 Å². The lowest BCUT2D eigenvalue weighted by atomic mass is 10.2. The lowest BCUT2D eigenvalue weighted by Crippen LogP contribution is -2.00. The summed E-state index contributed by atoms with van der Waals surface area (Å²) in [5.74, 6) is 0.813. The number of aromatic nitrogens is 1. The van der Waals surface area contributed by atoms with Gasteiger partial charge in [0.2, 0.25) is 0 Å². The number of halogens is 1. The molecule has 0 aliphatic carbocycles. The van der Waals surface area contributed by atoms with Crippen molar-refractivity contribution in [2.75, 3.05) is 6.61 Å². The van der Waals surface area contributed by atoms with E-state index in [1.54, 1.807) is 0 Å². The number of ether oxygens (including phenoxy) is 1. The molecule has 0 bridgehead atoms. The second-order valence-corrected chi connectivity index (χ2v) is 7.42. The summed E-state index contributed by atoms with van der Waals surface area (Å²) in [5.41, 5.74) is 6.82. The third-order valence-corrected chi connectivity index (χ3v) is 5.59. The maximum atomic E-state index is 5.66. The molecule has 0 spiro atoms. The van der Waals surface area contributed by atoms with Gasteiger partial charge in [0.1, 0.15) is 11.4 Å². The molecule has 0 saturated heterocycles. The molecule has 2 aromatic carbocycles.